The van der Waals surface area contributed by atoms with Gasteiger partial charge in [0.15, 0.2) is 0 Å². The van der Waals surface area contributed by atoms with Gasteiger partial charge in [-0.3, -0.25) is 9.59 Å². The second-order valence-corrected chi connectivity index (χ2v) is 7.58. The lowest BCUT2D eigenvalue weighted by Crippen LogP contribution is -2.40. The molecule has 7 heteroatoms. The van der Waals surface area contributed by atoms with E-state index in [1.54, 1.807) is 23.0 Å². The largest absolute Gasteiger partial charge is 0.495 e. The quantitative estimate of drug-likeness (QED) is 0.778. The number of benzene rings is 1. The Morgan fingerprint density at radius 1 is 1.19 bits per heavy atom. The Balaban J connectivity index is 1.43. The normalized spacial score (nSPS) is 29.0. The Morgan fingerprint density at radius 2 is 1.85 bits per heavy atom. The van der Waals surface area contributed by atoms with E-state index in [2.05, 4.69) is 0 Å². The van der Waals surface area contributed by atoms with E-state index < -0.39 is 5.41 Å². The molecule has 7 nitrogen and oxygen atoms in total. The van der Waals surface area contributed by atoms with E-state index in [0.29, 0.717) is 31.1 Å². The Morgan fingerprint density at radius 3 is 2.46 bits per heavy atom. The third-order valence-electron chi connectivity index (χ3n) is 6.44. The van der Waals surface area contributed by atoms with Crippen LogP contribution in [0, 0.1) is 23.2 Å². The number of ether oxygens (including phenoxy) is 1. The zero-order valence-electron chi connectivity index (χ0n) is 14.8. The molecule has 2 amide bonds. The summed E-state index contributed by atoms with van der Waals surface area (Å²) in [6, 6.07) is 7.31. The molecule has 3 unspecified atom stereocenters. The molecule has 0 spiro atoms. The Kier molecular flexibility index (Phi) is 4.16. The molecule has 1 aliphatic carbocycles. The highest BCUT2D eigenvalue weighted by Crippen LogP contribution is 2.62. The van der Waals surface area contributed by atoms with Crippen LogP contribution in [0.4, 0.5) is 5.69 Å². The molecule has 3 fully saturated rings. The average molecular weight is 360 g/mol. The minimum Gasteiger partial charge on any atom is -0.495 e. The number of aliphatic hydroxyl groups is 2. The van der Waals surface area contributed by atoms with Gasteiger partial charge in [0.05, 0.1) is 31.9 Å². The molecule has 3 aliphatic rings. The standard InChI is InChI=1S/C19H24N2O5/c1-26-16-5-3-2-4-15(16)21-7-12(6-17(21)24)18(25)20-8-13-14(9-20)19(13,10-22)11-23/h2-5,12-14,22-23H,6-11H2,1H3. The van der Waals surface area contributed by atoms with Crippen LogP contribution >= 0.6 is 0 Å². The van der Waals surface area contributed by atoms with Gasteiger partial charge < -0.3 is 24.7 Å². The number of carbonyl (C=O) groups is 2. The molecule has 1 aromatic rings. The smallest absolute Gasteiger partial charge is 0.228 e. The number of anilines is 1. The first-order valence-electron chi connectivity index (χ1n) is 8.99. The van der Waals surface area contributed by atoms with Gasteiger partial charge in [-0.15, -0.1) is 0 Å². The van der Waals surface area contributed by atoms with Crippen molar-refractivity contribution in [1.29, 1.82) is 0 Å². The van der Waals surface area contributed by atoms with E-state index in [1.165, 1.54) is 0 Å². The number of methoxy groups -OCH3 is 1. The number of nitrogens with zero attached hydrogens (tertiary/aromatic N) is 2. The van der Waals surface area contributed by atoms with Crippen molar-refractivity contribution in [1.82, 2.24) is 4.90 Å². The van der Waals surface area contributed by atoms with E-state index in [-0.39, 0.29) is 49.2 Å². The molecule has 4 rings (SSSR count). The summed E-state index contributed by atoms with van der Waals surface area (Å²) in [4.78, 5) is 28.8. The van der Waals surface area contributed by atoms with Crippen molar-refractivity contribution in [2.24, 2.45) is 23.2 Å². The molecule has 140 valence electrons. The highest BCUT2D eigenvalue weighted by atomic mass is 16.5. The van der Waals surface area contributed by atoms with Crippen LogP contribution in [0.15, 0.2) is 24.3 Å². The molecule has 2 N–H and O–H groups in total. The van der Waals surface area contributed by atoms with Crippen LogP contribution in [0.1, 0.15) is 6.42 Å². The van der Waals surface area contributed by atoms with Crippen LogP contribution in [0.5, 0.6) is 5.75 Å². The number of para-hydroxylation sites is 2. The predicted molar refractivity (Wildman–Crippen MR) is 93.6 cm³/mol. The van der Waals surface area contributed by atoms with Crippen molar-refractivity contribution in [3.63, 3.8) is 0 Å². The molecule has 2 saturated heterocycles. The summed E-state index contributed by atoms with van der Waals surface area (Å²) in [5, 5.41) is 19.0. The van der Waals surface area contributed by atoms with E-state index in [1.807, 2.05) is 18.2 Å². The molecule has 3 atom stereocenters. The summed E-state index contributed by atoms with van der Waals surface area (Å²) in [7, 11) is 1.56. The molecule has 2 heterocycles. The minimum atomic E-state index is -0.411. The average Bonchev–Trinajstić information content (AvgIpc) is 2.99. The topological polar surface area (TPSA) is 90.3 Å². The monoisotopic (exact) mass is 360 g/mol. The van der Waals surface area contributed by atoms with Crippen molar-refractivity contribution in [3.05, 3.63) is 24.3 Å². The van der Waals surface area contributed by atoms with Crippen molar-refractivity contribution in [2.45, 2.75) is 6.42 Å². The summed E-state index contributed by atoms with van der Waals surface area (Å²) >= 11 is 0. The number of rotatable bonds is 5. The van der Waals surface area contributed by atoms with Crippen LogP contribution in [0.2, 0.25) is 0 Å². The van der Waals surface area contributed by atoms with Gasteiger partial charge in [0.25, 0.3) is 0 Å². The molecule has 1 saturated carbocycles. The number of aliphatic hydroxyl groups excluding tert-OH is 2. The molecule has 0 bridgehead atoms. The number of fused-ring (bicyclic) bond motifs is 1. The van der Waals surface area contributed by atoms with Crippen molar-refractivity contribution >= 4 is 17.5 Å². The first kappa shape index (κ1) is 17.3. The van der Waals surface area contributed by atoms with Crippen molar-refractivity contribution < 1.29 is 24.5 Å². The van der Waals surface area contributed by atoms with E-state index in [9.17, 15) is 19.8 Å². The van der Waals surface area contributed by atoms with Gasteiger partial charge in [-0.2, -0.15) is 0 Å². The first-order valence-corrected chi connectivity index (χ1v) is 8.99. The lowest BCUT2D eigenvalue weighted by molar-refractivity contribution is -0.136. The third kappa shape index (κ3) is 2.41. The lowest BCUT2D eigenvalue weighted by Gasteiger charge is -2.26. The maximum absolute atomic E-state index is 12.9. The summed E-state index contributed by atoms with van der Waals surface area (Å²) in [6.07, 6.45) is 0.202. The van der Waals surface area contributed by atoms with Gasteiger partial charge in [-0.1, -0.05) is 12.1 Å². The molecule has 0 radical (unpaired) electrons. The number of hydrogen-bond donors (Lipinski definition) is 2. The van der Waals surface area contributed by atoms with Crippen molar-refractivity contribution in [2.75, 3.05) is 44.9 Å². The second kappa shape index (κ2) is 6.25. The minimum absolute atomic E-state index is 0.00673. The van der Waals surface area contributed by atoms with Gasteiger partial charge in [0.2, 0.25) is 11.8 Å². The molecule has 1 aromatic carbocycles. The number of hydrogen-bond acceptors (Lipinski definition) is 5. The summed E-state index contributed by atoms with van der Waals surface area (Å²) in [5.41, 5.74) is 0.283. The molecule has 0 aromatic heterocycles. The van der Waals surface area contributed by atoms with Gasteiger partial charge in [0.1, 0.15) is 5.75 Å². The first-order chi connectivity index (χ1) is 12.6. The van der Waals surface area contributed by atoms with Gasteiger partial charge in [-0.05, 0) is 24.0 Å². The van der Waals surface area contributed by atoms with Crippen LogP contribution in [0.25, 0.3) is 0 Å². The fraction of sp³-hybridized carbons (Fsp3) is 0.579. The molecular formula is C19H24N2O5. The maximum atomic E-state index is 12.9. The van der Waals surface area contributed by atoms with E-state index in [4.69, 9.17) is 4.74 Å². The summed E-state index contributed by atoms with van der Waals surface area (Å²) in [6.45, 7) is 1.40. The molecule has 26 heavy (non-hydrogen) atoms. The fourth-order valence-electron chi connectivity index (χ4n) is 4.75. The van der Waals surface area contributed by atoms with Gasteiger partial charge in [0, 0.05) is 31.5 Å². The number of carbonyl (C=O) groups excluding carboxylic acids is 2. The van der Waals surface area contributed by atoms with Crippen LogP contribution in [-0.4, -0.2) is 66.9 Å². The Hall–Kier alpha value is -2.12. The zero-order chi connectivity index (χ0) is 18.5. The number of piperidine rings is 1. The zero-order valence-corrected chi connectivity index (χ0v) is 14.8. The van der Waals surface area contributed by atoms with Gasteiger partial charge >= 0.3 is 0 Å². The summed E-state index contributed by atoms with van der Waals surface area (Å²) in [5.74, 6) is 0.521. The maximum Gasteiger partial charge on any atom is 0.228 e. The Labute approximate surface area is 152 Å². The second-order valence-electron chi connectivity index (χ2n) is 7.58. The molecular weight excluding hydrogens is 336 g/mol. The third-order valence-corrected chi connectivity index (χ3v) is 6.44. The highest BCUT2D eigenvalue weighted by molar-refractivity contribution is 6.01. The SMILES string of the molecule is COc1ccccc1N1CC(C(=O)N2CC3C(C2)C3(CO)CO)CC1=O. The van der Waals surface area contributed by atoms with Gasteiger partial charge in [-0.25, -0.2) is 0 Å². The van der Waals surface area contributed by atoms with Crippen molar-refractivity contribution in [3.8, 4) is 5.75 Å². The summed E-state index contributed by atoms with van der Waals surface area (Å²) < 4.78 is 5.33. The number of likely N-dealkylation sites (tertiary alicyclic amines) is 1. The van der Waals surface area contributed by atoms with Crippen LogP contribution < -0.4 is 9.64 Å². The van der Waals surface area contributed by atoms with E-state index in [0.717, 1.165) is 0 Å². The Bertz CT molecular complexity index is 718. The van der Waals surface area contributed by atoms with Crippen LogP contribution in [-0.2, 0) is 9.59 Å². The fourth-order valence-corrected chi connectivity index (χ4v) is 4.75. The van der Waals surface area contributed by atoms with E-state index >= 15 is 0 Å². The lowest BCUT2D eigenvalue weighted by atomic mass is 10.0. The molecule has 2 aliphatic heterocycles. The predicted octanol–water partition coefficient (Wildman–Crippen LogP) is 0.107. The number of amides is 2. The highest BCUT2D eigenvalue weighted by Gasteiger charge is 2.68. The van der Waals surface area contributed by atoms with Crippen LogP contribution in [0.3, 0.4) is 0 Å².